The number of thioether (sulfide) groups is 1. The van der Waals surface area contributed by atoms with E-state index in [0.717, 1.165) is 23.9 Å². The molecule has 1 aromatic heterocycles. The topological polar surface area (TPSA) is 87.8 Å². The fourth-order valence-corrected chi connectivity index (χ4v) is 3.89. The molecule has 0 bridgehead atoms. The predicted molar refractivity (Wildman–Crippen MR) is 118 cm³/mol. The summed E-state index contributed by atoms with van der Waals surface area (Å²) in [6.45, 7) is 0. The Kier molecular flexibility index (Phi) is 5.96. The maximum atomic E-state index is 13.4. The van der Waals surface area contributed by atoms with Gasteiger partial charge in [-0.05, 0) is 48.5 Å². The van der Waals surface area contributed by atoms with Gasteiger partial charge in [0.1, 0.15) is 11.6 Å². The Bertz CT molecular complexity index is 1410. The number of aromatic nitrogens is 2. The Morgan fingerprint density at radius 1 is 1.06 bits per heavy atom. The van der Waals surface area contributed by atoms with E-state index in [1.807, 2.05) is 6.07 Å². The summed E-state index contributed by atoms with van der Waals surface area (Å²) < 4.78 is 28.1. The van der Waals surface area contributed by atoms with Crippen molar-refractivity contribution < 1.29 is 13.6 Å². The molecule has 9 heteroatoms. The van der Waals surface area contributed by atoms with Crippen molar-refractivity contribution in [3.05, 3.63) is 94.3 Å². The van der Waals surface area contributed by atoms with Crippen LogP contribution in [0.3, 0.4) is 0 Å². The second-order valence-corrected chi connectivity index (χ2v) is 7.65. The first kappa shape index (κ1) is 21.2. The number of nitrogens with one attached hydrogen (secondary N) is 1. The number of rotatable bonds is 5. The highest BCUT2D eigenvalue weighted by Crippen LogP contribution is 2.22. The number of hydrogen-bond acceptors (Lipinski definition) is 5. The number of nitrogens with zero attached hydrogens (tertiary/aromatic N) is 3. The summed E-state index contributed by atoms with van der Waals surface area (Å²) >= 11 is 1.00. The molecule has 0 atom stereocenters. The number of hydrogen-bond donors (Lipinski definition) is 1. The van der Waals surface area contributed by atoms with Crippen molar-refractivity contribution in [1.82, 2.24) is 9.55 Å². The summed E-state index contributed by atoms with van der Waals surface area (Å²) in [6.07, 6.45) is 0. The summed E-state index contributed by atoms with van der Waals surface area (Å²) in [5.41, 5.74) is 1.06. The molecule has 6 nitrogen and oxygen atoms in total. The minimum absolute atomic E-state index is 0.0101. The summed E-state index contributed by atoms with van der Waals surface area (Å²) in [4.78, 5) is 30.1. The quantitative estimate of drug-likeness (QED) is 0.364. The Morgan fingerprint density at radius 2 is 1.75 bits per heavy atom. The minimum atomic E-state index is -0.807. The highest BCUT2D eigenvalue weighted by atomic mass is 32.2. The number of para-hydroxylation sites is 1. The van der Waals surface area contributed by atoms with Crippen molar-refractivity contribution in [3.63, 3.8) is 0 Å². The van der Waals surface area contributed by atoms with Crippen LogP contribution in [0.15, 0.2) is 76.7 Å². The fourth-order valence-electron chi connectivity index (χ4n) is 3.08. The van der Waals surface area contributed by atoms with Gasteiger partial charge in [0.15, 0.2) is 5.16 Å². The summed E-state index contributed by atoms with van der Waals surface area (Å²) in [6, 6.07) is 18.0. The van der Waals surface area contributed by atoms with E-state index in [-0.39, 0.29) is 22.2 Å². The molecule has 4 aromatic rings. The summed E-state index contributed by atoms with van der Waals surface area (Å²) in [7, 11) is 0. The Balaban J connectivity index is 1.67. The van der Waals surface area contributed by atoms with E-state index in [9.17, 15) is 18.4 Å². The molecule has 158 valence electrons. The average Bonchev–Trinajstić information content (AvgIpc) is 2.77. The number of benzene rings is 3. The fraction of sp³-hybridized carbons (Fsp3) is 0.0435. The van der Waals surface area contributed by atoms with Crippen LogP contribution < -0.4 is 10.9 Å². The van der Waals surface area contributed by atoms with E-state index in [1.54, 1.807) is 48.5 Å². The van der Waals surface area contributed by atoms with E-state index in [4.69, 9.17) is 5.26 Å². The molecule has 0 aliphatic carbocycles. The third kappa shape index (κ3) is 4.50. The lowest BCUT2D eigenvalue weighted by Gasteiger charge is -2.13. The van der Waals surface area contributed by atoms with Gasteiger partial charge in [0.25, 0.3) is 5.56 Å². The monoisotopic (exact) mass is 448 g/mol. The summed E-state index contributed by atoms with van der Waals surface area (Å²) in [5, 5.41) is 12.1. The Morgan fingerprint density at radius 3 is 2.44 bits per heavy atom. The molecule has 0 spiro atoms. The van der Waals surface area contributed by atoms with Crippen LogP contribution in [0.4, 0.5) is 14.5 Å². The van der Waals surface area contributed by atoms with Crippen molar-refractivity contribution in [1.29, 1.82) is 5.26 Å². The molecule has 0 aliphatic heterocycles. The van der Waals surface area contributed by atoms with Crippen LogP contribution in [0, 0.1) is 23.0 Å². The van der Waals surface area contributed by atoms with Gasteiger partial charge >= 0.3 is 0 Å². The predicted octanol–water partition coefficient (Wildman–Crippen LogP) is 4.27. The number of halogens is 2. The maximum Gasteiger partial charge on any atom is 0.266 e. The highest BCUT2D eigenvalue weighted by molar-refractivity contribution is 7.99. The first-order valence-electron chi connectivity index (χ1n) is 9.35. The number of fused-ring (bicyclic) bond motifs is 1. The van der Waals surface area contributed by atoms with Gasteiger partial charge < -0.3 is 5.32 Å². The largest absolute Gasteiger partial charge is 0.325 e. The van der Waals surface area contributed by atoms with Crippen LogP contribution >= 0.6 is 11.8 Å². The van der Waals surface area contributed by atoms with Crippen molar-refractivity contribution in [2.24, 2.45) is 0 Å². The second-order valence-electron chi connectivity index (χ2n) is 6.71. The molecule has 0 saturated heterocycles. The minimum Gasteiger partial charge on any atom is -0.325 e. The molecule has 1 heterocycles. The van der Waals surface area contributed by atoms with Gasteiger partial charge in [0.2, 0.25) is 5.91 Å². The first-order chi connectivity index (χ1) is 15.4. The molecule has 1 amide bonds. The number of amides is 1. The van der Waals surface area contributed by atoms with Crippen LogP contribution in [0.1, 0.15) is 5.56 Å². The number of carbonyl (C=O) groups is 1. The third-order valence-electron chi connectivity index (χ3n) is 4.48. The van der Waals surface area contributed by atoms with Gasteiger partial charge in [0.05, 0.1) is 34.0 Å². The zero-order chi connectivity index (χ0) is 22.7. The first-order valence-corrected chi connectivity index (χ1v) is 10.3. The zero-order valence-corrected chi connectivity index (χ0v) is 17.2. The van der Waals surface area contributed by atoms with Crippen LogP contribution in [-0.4, -0.2) is 21.2 Å². The van der Waals surface area contributed by atoms with Gasteiger partial charge in [-0.1, -0.05) is 23.9 Å². The van der Waals surface area contributed by atoms with Gasteiger partial charge in [-0.25, -0.2) is 13.8 Å². The van der Waals surface area contributed by atoms with E-state index < -0.39 is 17.5 Å². The van der Waals surface area contributed by atoms with Crippen LogP contribution in [0.5, 0.6) is 0 Å². The van der Waals surface area contributed by atoms with E-state index in [0.29, 0.717) is 28.2 Å². The van der Waals surface area contributed by atoms with Gasteiger partial charge in [-0.3, -0.25) is 14.2 Å². The van der Waals surface area contributed by atoms with Crippen molar-refractivity contribution in [2.45, 2.75) is 5.16 Å². The number of anilines is 1. The van der Waals surface area contributed by atoms with Crippen LogP contribution in [-0.2, 0) is 4.79 Å². The van der Waals surface area contributed by atoms with Crippen molar-refractivity contribution >= 4 is 34.3 Å². The molecule has 0 radical (unpaired) electrons. The molecule has 3 aromatic carbocycles. The lowest BCUT2D eigenvalue weighted by Crippen LogP contribution is -2.23. The lowest BCUT2D eigenvalue weighted by molar-refractivity contribution is -0.113. The highest BCUT2D eigenvalue weighted by Gasteiger charge is 2.15. The third-order valence-corrected chi connectivity index (χ3v) is 5.42. The number of carbonyl (C=O) groups excluding carboxylic acids is 1. The van der Waals surface area contributed by atoms with Crippen molar-refractivity contribution in [3.8, 4) is 11.8 Å². The molecule has 0 fully saturated rings. The van der Waals surface area contributed by atoms with Crippen molar-refractivity contribution in [2.75, 3.05) is 11.1 Å². The molecule has 0 unspecified atom stereocenters. The normalized spacial score (nSPS) is 10.7. The number of nitriles is 1. The van der Waals surface area contributed by atoms with Crippen LogP contribution in [0.25, 0.3) is 16.6 Å². The standard InChI is InChI=1S/C23H14F2N4O2S/c24-15-9-16(25)11-17(10-15)27-21(30)13-32-23-28-20-4-2-1-3-19(20)22(31)29(23)18-7-5-14(12-26)6-8-18/h1-11H,13H2,(H,27,30). The Labute approximate surface area is 185 Å². The van der Waals surface area contributed by atoms with Gasteiger partial charge in [-0.2, -0.15) is 5.26 Å². The van der Waals surface area contributed by atoms with Crippen LogP contribution in [0.2, 0.25) is 0 Å². The summed E-state index contributed by atoms with van der Waals surface area (Å²) in [5.74, 6) is -2.29. The van der Waals surface area contributed by atoms with E-state index >= 15 is 0 Å². The molecule has 32 heavy (non-hydrogen) atoms. The SMILES string of the molecule is N#Cc1ccc(-n2c(SCC(=O)Nc3cc(F)cc(F)c3)nc3ccccc3c2=O)cc1. The molecular weight excluding hydrogens is 434 g/mol. The average molecular weight is 448 g/mol. The molecular formula is C23H14F2N4O2S. The molecule has 0 aliphatic rings. The molecule has 1 N–H and O–H groups in total. The Hall–Kier alpha value is -4.03. The maximum absolute atomic E-state index is 13.4. The second kappa shape index (κ2) is 8.99. The molecule has 4 rings (SSSR count). The van der Waals surface area contributed by atoms with Gasteiger partial charge in [0, 0.05) is 11.8 Å². The molecule has 0 saturated carbocycles. The van der Waals surface area contributed by atoms with Gasteiger partial charge in [-0.15, -0.1) is 0 Å². The zero-order valence-electron chi connectivity index (χ0n) is 16.4. The van der Waals surface area contributed by atoms with E-state index in [2.05, 4.69) is 10.3 Å². The lowest BCUT2D eigenvalue weighted by atomic mass is 10.2. The smallest absolute Gasteiger partial charge is 0.266 e. The van der Waals surface area contributed by atoms with E-state index in [1.165, 1.54) is 4.57 Å².